The Labute approximate surface area is 164 Å². The van der Waals surface area contributed by atoms with Crippen LogP contribution in [0.1, 0.15) is 30.5 Å². The lowest BCUT2D eigenvalue weighted by Gasteiger charge is -2.27. The van der Waals surface area contributed by atoms with E-state index in [2.05, 4.69) is 15.2 Å². The van der Waals surface area contributed by atoms with Crippen molar-refractivity contribution in [3.05, 3.63) is 59.5 Å². The number of halogens is 1. The van der Waals surface area contributed by atoms with Crippen molar-refractivity contribution in [2.75, 3.05) is 36.4 Å². The van der Waals surface area contributed by atoms with Crippen LogP contribution in [0.25, 0.3) is 5.57 Å². The van der Waals surface area contributed by atoms with E-state index in [1.807, 2.05) is 31.2 Å². The molecule has 1 aromatic carbocycles. The van der Waals surface area contributed by atoms with Crippen LogP contribution in [-0.2, 0) is 0 Å². The molecule has 0 atom stereocenters. The van der Waals surface area contributed by atoms with E-state index < -0.39 is 0 Å². The Kier molecular flexibility index (Phi) is 5.28. The molecule has 1 fully saturated rings. The molecule has 0 spiro atoms. The normalized spacial score (nSPS) is 16.9. The minimum absolute atomic E-state index is 0.150. The Morgan fingerprint density at radius 3 is 2.57 bits per heavy atom. The van der Waals surface area contributed by atoms with Gasteiger partial charge in [0.05, 0.1) is 11.4 Å². The predicted octanol–water partition coefficient (Wildman–Crippen LogP) is 4.45. The topological polar surface area (TPSA) is 48.5 Å². The Morgan fingerprint density at radius 1 is 1.11 bits per heavy atom. The molecule has 1 N–H and O–H groups in total. The zero-order valence-electron chi connectivity index (χ0n) is 16.1. The first-order valence-corrected chi connectivity index (χ1v) is 9.84. The van der Waals surface area contributed by atoms with E-state index in [-0.39, 0.29) is 11.8 Å². The largest absolute Gasteiger partial charge is 0.357 e. The number of aromatic nitrogens is 1. The molecule has 0 saturated carbocycles. The van der Waals surface area contributed by atoms with Crippen molar-refractivity contribution in [1.29, 1.82) is 0 Å². The van der Waals surface area contributed by atoms with Gasteiger partial charge in [-0.1, -0.05) is 24.3 Å². The van der Waals surface area contributed by atoms with Gasteiger partial charge in [0.25, 0.3) is 0 Å². The summed E-state index contributed by atoms with van der Waals surface area (Å²) in [6.07, 6.45) is 4.98. The number of nitrogens with zero attached hydrogens (tertiary/aromatic N) is 3. The number of carbonyl (C=O) groups is 1. The summed E-state index contributed by atoms with van der Waals surface area (Å²) in [7, 11) is 0. The predicted molar refractivity (Wildman–Crippen MR) is 110 cm³/mol. The molecular weight excluding hydrogens is 355 g/mol. The number of pyridine rings is 1. The van der Waals surface area contributed by atoms with Crippen LogP contribution < -0.4 is 10.2 Å². The average Bonchev–Trinajstić information content (AvgIpc) is 3.25. The number of aryl methyl sites for hydroxylation is 1. The SMILES string of the molecule is Cc1nc(N2CCCC2)ccc1NC(=O)N1CC=C(c2ccccc2F)CC1. The highest BCUT2D eigenvalue weighted by Crippen LogP contribution is 2.26. The third kappa shape index (κ3) is 3.86. The zero-order valence-corrected chi connectivity index (χ0v) is 16.1. The van der Waals surface area contributed by atoms with Crippen LogP contribution in [0.3, 0.4) is 0 Å². The van der Waals surface area contributed by atoms with Gasteiger partial charge in [0.2, 0.25) is 0 Å². The lowest BCUT2D eigenvalue weighted by molar-refractivity contribution is 0.217. The standard InChI is InChI=1S/C22H25FN4O/c1-16-20(8-9-21(24-16)26-12-4-5-13-26)25-22(28)27-14-10-17(11-15-27)18-6-2-3-7-19(18)23/h2-3,6-10H,4-5,11-15H2,1H3,(H,25,28). The van der Waals surface area contributed by atoms with Crippen LogP contribution in [-0.4, -0.2) is 42.1 Å². The van der Waals surface area contributed by atoms with Crippen molar-refractivity contribution in [2.45, 2.75) is 26.2 Å². The number of carbonyl (C=O) groups excluding carboxylic acids is 1. The first-order chi connectivity index (χ1) is 13.6. The fourth-order valence-corrected chi connectivity index (χ4v) is 3.82. The van der Waals surface area contributed by atoms with Crippen LogP contribution in [0.2, 0.25) is 0 Å². The molecule has 1 saturated heterocycles. The summed E-state index contributed by atoms with van der Waals surface area (Å²) >= 11 is 0. The molecule has 0 radical (unpaired) electrons. The summed E-state index contributed by atoms with van der Waals surface area (Å²) in [5.74, 6) is 0.759. The average molecular weight is 380 g/mol. The Hall–Kier alpha value is -2.89. The van der Waals surface area contributed by atoms with E-state index in [0.29, 0.717) is 25.1 Å². The molecule has 1 aromatic heterocycles. The maximum Gasteiger partial charge on any atom is 0.322 e. The van der Waals surface area contributed by atoms with Crippen LogP contribution in [0.4, 0.5) is 20.7 Å². The third-order valence-electron chi connectivity index (χ3n) is 5.46. The fourth-order valence-electron chi connectivity index (χ4n) is 3.82. The fraction of sp³-hybridized carbons (Fsp3) is 0.364. The van der Waals surface area contributed by atoms with Crippen molar-refractivity contribution >= 4 is 23.1 Å². The van der Waals surface area contributed by atoms with Crippen LogP contribution in [0.5, 0.6) is 0 Å². The van der Waals surface area contributed by atoms with Gasteiger partial charge in [-0.05, 0) is 50.0 Å². The summed E-state index contributed by atoms with van der Waals surface area (Å²) in [6, 6.07) is 10.5. The van der Waals surface area contributed by atoms with Crippen molar-refractivity contribution in [2.24, 2.45) is 0 Å². The van der Waals surface area contributed by atoms with Crippen molar-refractivity contribution in [1.82, 2.24) is 9.88 Å². The van der Waals surface area contributed by atoms with E-state index in [9.17, 15) is 9.18 Å². The summed E-state index contributed by atoms with van der Waals surface area (Å²) in [5.41, 5.74) is 3.13. The molecule has 0 aliphatic carbocycles. The molecule has 3 heterocycles. The maximum absolute atomic E-state index is 14.0. The van der Waals surface area contributed by atoms with Crippen LogP contribution >= 0.6 is 0 Å². The molecule has 0 unspecified atom stereocenters. The monoisotopic (exact) mass is 380 g/mol. The summed E-state index contributed by atoms with van der Waals surface area (Å²) in [5, 5.41) is 2.97. The Balaban J connectivity index is 1.40. The Bertz CT molecular complexity index is 905. The lowest BCUT2D eigenvalue weighted by atomic mass is 9.99. The highest BCUT2D eigenvalue weighted by molar-refractivity contribution is 5.90. The zero-order chi connectivity index (χ0) is 19.5. The summed E-state index contributed by atoms with van der Waals surface area (Å²) in [6.45, 7) is 5.03. The minimum Gasteiger partial charge on any atom is -0.357 e. The molecule has 2 aromatic rings. The minimum atomic E-state index is -0.216. The van der Waals surface area contributed by atoms with Gasteiger partial charge in [-0.2, -0.15) is 0 Å². The van der Waals surface area contributed by atoms with Gasteiger partial charge in [-0.3, -0.25) is 0 Å². The number of hydrogen-bond donors (Lipinski definition) is 1. The van der Waals surface area contributed by atoms with Crippen molar-refractivity contribution in [3.63, 3.8) is 0 Å². The second-order valence-electron chi connectivity index (χ2n) is 7.33. The molecule has 4 rings (SSSR count). The quantitative estimate of drug-likeness (QED) is 0.856. The Morgan fingerprint density at radius 2 is 1.89 bits per heavy atom. The number of hydrogen-bond acceptors (Lipinski definition) is 3. The lowest BCUT2D eigenvalue weighted by Crippen LogP contribution is -2.38. The number of nitrogens with one attached hydrogen (secondary N) is 1. The van der Waals surface area contributed by atoms with E-state index in [1.54, 1.807) is 17.0 Å². The van der Waals surface area contributed by atoms with E-state index >= 15 is 0 Å². The molecule has 2 amide bonds. The van der Waals surface area contributed by atoms with Gasteiger partial charge in [-0.25, -0.2) is 14.2 Å². The van der Waals surface area contributed by atoms with Gasteiger partial charge in [0.15, 0.2) is 0 Å². The first-order valence-electron chi connectivity index (χ1n) is 9.84. The number of rotatable bonds is 3. The number of anilines is 2. The van der Waals surface area contributed by atoms with Gasteiger partial charge in [-0.15, -0.1) is 0 Å². The highest BCUT2D eigenvalue weighted by Gasteiger charge is 2.20. The summed E-state index contributed by atoms with van der Waals surface area (Å²) < 4.78 is 14.0. The molecule has 2 aliphatic rings. The second kappa shape index (κ2) is 8.00. The molecule has 2 aliphatic heterocycles. The molecular formula is C22H25FN4O. The summed E-state index contributed by atoms with van der Waals surface area (Å²) in [4.78, 5) is 21.3. The van der Waals surface area contributed by atoms with Gasteiger partial charge in [0, 0.05) is 31.7 Å². The number of urea groups is 1. The molecule has 0 bridgehead atoms. The molecule has 146 valence electrons. The van der Waals surface area contributed by atoms with Crippen LogP contribution in [0, 0.1) is 12.7 Å². The van der Waals surface area contributed by atoms with Crippen LogP contribution in [0.15, 0.2) is 42.5 Å². The smallest absolute Gasteiger partial charge is 0.322 e. The molecule has 5 nitrogen and oxygen atoms in total. The van der Waals surface area contributed by atoms with E-state index in [1.165, 1.54) is 18.9 Å². The number of amides is 2. The van der Waals surface area contributed by atoms with E-state index in [0.717, 1.165) is 35.9 Å². The molecule has 28 heavy (non-hydrogen) atoms. The third-order valence-corrected chi connectivity index (χ3v) is 5.46. The van der Waals surface area contributed by atoms with Crippen molar-refractivity contribution in [3.8, 4) is 0 Å². The van der Waals surface area contributed by atoms with E-state index in [4.69, 9.17) is 0 Å². The molecule has 6 heteroatoms. The number of benzene rings is 1. The highest BCUT2D eigenvalue weighted by atomic mass is 19.1. The van der Waals surface area contributed by atoms with Gasteiger partial charge < -0.3 is 15.1 Å². The van der Waals surface area contributed by atoms with Gasteiger partial charge in [0.1, 0.15) is 11.6 Å². The van der Waals surface area contributed by atoms with Crippen molar-refractivity contribution < 1.29 is 9.18 Å². The second-order valence-corrected chi connectivity index (χ2v) is 7.33. The first kappa shape index (κ1) is 18.5. The maximum atomic E-state index is 14.0. The van der Waals surface area contributed by atoms with Gasteiger partial charge >= 0.3 is 6.03 Å².